The van der Waals surface area contributed by atoms with Crippen molar-refractivity contribution in [1.82, 2.24) is 14.9 Å². The van der Waals surface area contributed by atoms with Gasteiger partial charge in [-0.15, -0.1) is 0 Å². The van der Waals surface area contributed by atoms with Crippen LogP contribution in [0.5, 0.6) is 0 Å². The maximum atomic E-state index is 14.1. The van der Waals surface area contributed by atoms with Gasteiger partial charge in [0.1, 0.15) is 17.5 Å². The largest absolute Gasteiger partial charge is 0.444 e. The van der Waals surface area contributed by atoms with Gasteiger partial charge < -0.3 is 10.5 Å². The molecular formula is C24H26F4N4O4. The van der Waals surface area contributed by atoms with Gasteiger partial charge in [0.2, 0.25) is 0 Å². The number of primary amides is 1. The monoisotopic (exact) mass is 510 g/mol. The third-order valence-electron chi connectivity index (χ3n) is 5.47. The van der Waals surface area contributed by atoms with E-state index in [1.807, 2.05) is 0 Å². The smallest absolute Gasteiger partial charge is 0.433 e. The topological polar surface area (TPSA) is 115 Å². The normalized spacial score (nSPS) is 18.2. The van der Waals surface area contributed by atoms with Crippen LogP contribution in [0.1, 0.15) is 55.4 Å². The van der Waals surface area contributed by atoms with Gasteiger partial charge >= 0.3 is 12.3 Å². The van der Waals surface area contributed by atoms with E-state index in [0.29, 0.717) is 5.69 Å². The fraction of sp³-hybridized carbons (Fsp3) is 0.458. The minimum Gasteiger partial charge on any atom is -0.444 e. The van der Waals surface area contributed by atoms with Gasteiger partial charge in [0.05, 0.1) is 18.2 Å². The molecular weight excluding hydrogens is 484 g/mol. The van der Waals surface area contributed by atoms with Gasteiger partial charge in [0.25, 0.3) is 5.91 Å². The molecule has 8 nitrogen and oxygen atoms in total. The number of ketones is 1. The Morgan fingerprint density at radius 2 is 1.83 bits per heavy atom. The molecule has 2 atom stereocenters. The molecule has 3 rings (SSSR count). The summed E-state index contributed by atoms with van der Waals surface area (Å²) in [5.74, 6) is -1.23. The molecule has 0 bridgehead atoms. The van der Waals surface area contributed by atoms with Crippen LogP contribution in [0.4, 0.5) is 22.4 Å². The molecule has 194 valence electrons. The third kappa shape index (κ3) is 6.55. The fourth-order valence-electron chi connectivity index (χ4n) is 3.82. The summed E-state index contributed by atoms with van der Waals surface area (Å²) >= 11 is 0. The molecule has 2 aromatic heterocycles. The summed E-state index contributed by atoms with van der Waals surface area (Å²) in [5, 5.41) is 0. The molecule has 0 radical (unpaired) electrons. The van der Waals surface area contributed by atoms with E-state index in [1.54, 1.807) is 20.8 Å². The average Bonchev–Trinajstić information content (AvgIpc) is 3.17. The van der Waals surface area contributed by atoms with E-state index in [1.165, 1.54) is 12.3 Å². The van der Waals surface area contributed by atoms with E-state index in [0.717, 1.165) is 23.2 Å². The molecule has 2 aromatic rings. The van der Waals surface area contributed by atoms with Crippen LogP contribution in [0.15, 0.2) is 30.6 Å². The lowest BCUT2D eigenvalue weighted by molar-refractivity contribution is -0.141. The van der Waals surface area contributed by atoms with Gasteiger partial charge in [-0.3, -0.25) is 24.5 Å². The molecule has 0 aromatic carbocycles. The maximum absolute atomic E-state index is 14.1. The first-order valence-electron chi connectivity index (χ1n) is 11.1. The number of aryl methyl sites for hydroxylation is 1. The molecule has 2 amide bonds. The fourth-order valence-corrected chi connectivity index (χ4v) is 3.82. The van der Waals surface area contributed by atoms with Crippen molar-refractivity contribution < 1.29 is 36.7 Å². The number of amides is 2. The van der Waals surface area contributed by atoms with Crippen LogP contribution in [0.25, 0.3) is 11.1 Å². The first kappa shape index (κ1) is 27.0. The lowest BCUT2D eigenvalue weighted by Gasteiger charge is -2.27. The van der Waals surface area contributed by atoms with Gasteiger partial charge in [0.15, 0.2) is 5.78 Å². The molecule has 0 aliphatic carbocycles. The number of hydrogen-bond donors (Lipinski definition) is 1. The van der Waals surface area contributed by atoms with Crippen molar-refractivity contribution in [2.75, 3.05) is 6.54 Å². The molecule has 1 saturated heterocycles. The standard InChI is InChI=1S/C24H26F4N4O4/c1-23(2,3)36-22(35)32-12-14(25)8-18(32)19(33)6-5-15-9-16(17(11-30-15)21(29)34)13-4-7-20(31-10-13)24(26,27)28/h4,7,9-11,14,18H,5-6,8,12H2,1-3H3,(H2,29,34)/t14-,18+/m1/s1. The van der Waals surface area contributed by atoms with Crippen LogP contribution in [0.3, 0.4) is 0 Å². The lowest BCUT2D eigenvalue weighted by atomic mass is 9.99. The summed E-state index contributed by atoms with van der Waals surface area (Å²) < 4.78 is 57.9. The minimum atomic E-state index is -4.62. The predicted molar refractivity (Wildman–Crippen MR) is 121 cm³/mol. The zero-order chi connectivity index (χ0) is 26.8. The SMILES string of the molecule is CC(C)(C)OC(=O)N1C[C@H](F)C[C@H]1C(=O)CCc1cc(-c2ccc(C(F)(F)F)nc2)c(C(N)=O)cn1. The summed E-state index contributed by atoms with van der Waals surface area (Å²) in [6.07, 6.45) is -4.78. The van der Waals surface area contributed by atoms with Crippen LogP contribution >= 0.6 is 0 Å². The van der Waals surface area contributed by atoms with Crippen molar-refractivity contribution >= 4 is 17.8 Å². The number of carbonyl (C=O) groups is 3. The number of carbonyl (C=O) groups excluding carboxylic acids is 3. The molecule has 1 aliphatic heterocycles. The molecule has 0 spiro atoms. The van der Waals surface area contributed by atoms with E-state index in [9.17, 15) is 31.9 Å². The second-order valence-corrected chi connectivity index (χ2v) is 9.46. The quantitative estimate of drug-likeness (QED) is 0.585. The van der Waals surface area contributed by atoms with E-state index >= 15 is 0 Å². The summed E-state index contributed by atoms with van der Waals surface area (Å²) in [5.41, 5.74) is 4.22. The number of alkyl halides is 4. The Kier molecular flexibility index (Phi) is 7.65. The van der Waals surface area contributed by atoms with Crippen molar-refractivity contribution in [3.8, 4) is 11.1 Å². The van der Waals surface area contributed by atoms with E-state index in [4.69, 9.17) is 10.5 Å². The maximum Gasteiger partial charge on any atom is 0.433 e. The molecule has 3 heterocycles. The number of likely N-dealkylation sites (tertiary alicyclic amines) is 1. The minimum absolute atomic E-state index is 0.0289. The Labute approximate surface area is 204 Å². The van der Waals surface area contributed by atoms with Crippen LogP contribution < -0.4 is 5.73 Å². The first-order chi connectivity index (χ1) is 16.7. The lowest BCUT2D eigenvalue weighted by Crippen LogP contribution is -2.43. The Bertz CT molecular complexity index is 1150. The molecule has 2 N–H and O–H groups in total. The number of Topliss-reactive ketones (excluding diaryl/α,β-unsaturated/α-hetero) is 1. The second-order valence-electron chi connectivity index (χ2n) is 9.46. The van der Waals surface area contributed by atoms with E-state index in [-0.39, 0.29) is 48.3 Å². The van der Waals surface area contributed by atoms with Crippen LogP contribution in [0.2, 0.25) is 0 Å². The van der Waals surface area contributed by atoms with E-state index < -0.39 is 41.7 Å². The number of aromatic nitrogens is 2. The summed E-state index contributed by atoms with van der Waals surface area (Å²) in [6, 6.07) is 2.39. The zero-order valence-corrected chi connectivity index (χ0v) is 19.9. The number of halogens is 4. The van der Waals surface area contributed by atoms with Gasteiger partial charge in [0, 0.05) is 36.5 Å². The van der Waals surface area contributed by atoms with Gasteiger partial charge in [-0.05, 0) is 44.9 Å². The Morgan fingerprint density at radius 3 is 2.39 bits per heavy atom. The number of pyridine rings is 2. The predicted octanol–water partition coefficient (Wildman–Crippen LogP) is 4.11. The average molecular weight is 510 g/mol. The van der Waals surface area contributed by atoms with Crippen molar-refractivity contribution in [3.05, 3.63) is 47.5 Å². The highest BCUT2D eigenvalue weighted by atomic mass is 19.4. The molecule has 1 aliphatic rings. The number of ether oxygens (including phenoxy) is 1. The third-order valence-corrected chi connectivity index (χ3v) is 5.47. The van der Waals surface area contributed by atoms with E-state index in [2.05, 4.69) is 9.97 Å². The van der Waals surface area contributed by atoms with Crippen LogP contribution in [-0.4, -0.2) is 57.0 Å². The van der Waals surface area contributed by atoms with Crippen LogP contribution in [-0.2, 0) is 22.1 Å². The highest BCUT2D eigenvalue weighted by Crippen LogP contribution is 2.30. The molecule has 0 saturated carbocycles. The highest BCUT2D eigenvalue weighted by molar-refractivity contribution is 5.99. The summed E-state index contributed by atoms with van der Waals surface area (Å²) in [4.78, 5) is 45.8. The van der Waals surface area contributed by atoms with Crippen molar-refractivity contribution in [3.63, 3.8) is 0 Å². The van der Waals surface area contributed by atoms with Crippen molar-refractivity contribution in [2.45, 2.75) is 64.0 Å². The molecule has 1 fully saturated rings. The Morgan fingerprint density at radius 1 is 1.14 bits per heavy atom. The summed E-state index contributed by atoms with van der Waals surface area (Å²) in [6.45, 7) is 4.74. The van der Waals surface area contributed by atoms with Crippen molar-refractivity contribution in [2.24, 2.45) is 5.73 Å². The number of rotatable bonds is 6. The van der Waals surface area contributed by atoms with Crippen LogP contribution in [0, 0.1) is 0 Å². The molecule has 12 heteroatoms. The van der Waals surface area contributed by atoms with Gasteiger partial charge in [-0.1, -0.05) is 6.07 Å². The second kappa shape index (κ2) is 10.2. The molecule has 0 unspecified atom stereocenters. The zero-order valence-electron chi connectivity index (χ0n) is 19.9. The number of nitrogens with zero attached hydrogens (tertiary/aromatic N) is 3. The highest BCUT2D eigenvalue weighted by Gasteiger charge is 2.41. The van der Waals surface area contributed by atoms with Gasteiger partial charge in [-0.2, -0.15) is 13.2 Å². The molecule has 36 heavy (non-hydrogen) atoms. The number of nitrogens with two attached hydrogens (primary N) is 1. The Hall–Kier alpha value is -3.57. The van der Waals surface area contributed by atoms with Gasteiger partial charge in [-0.25, -0.2) is 9.18 Å². The Balaban J connectivity index is 1.78. The van der Waals surface area contributed by atoms with Crippen molar-refractivity contribution in [1.29, 1.82) is 0 Å². The first-order valence-corrected chi connectivity index (χ1v) is 11.1. The number of hydrogen-bond acceptors (Lipinski definition) is 6. The summed E-state index contributed by atoms with van der Waals surface area (Å²) in [7, 11) is 0.